The molecule has 0 rings (SSSR count). The Morgan fingerprint density at radius 1 is 0.500 bits per heavy atom. The van der Waals surface area contributed by atoms with Gasteiger partial charge in [-0.1, -0.05) is 115 Å². The molecule has 5 heteroatoms. The number of aliphatic hydroxyl groups is 1. The summed E-state index contributed by atoms with van der Waals surface area (Å²) in [5, 5.41) is 9.95. The molecule has 0 saturated heterocycles. The molecule has 234 valence electrons. The van der Waals surface area contributed by atoms with Crippen molar-refractivity contribution >= 4 is 11.9 Å². The number of carbonyl (C=O) groups is 2. The molecule has 0 aliphatic rings. The Hall–Kier alpha value is -1.62. The van der Waals surface area contributed by atoms with E-state index in [1.165, 1.54) is 89.9 Å². The first kappa shape index (κ1) is 38.4. The predicted octanol–water partition coefficient (Wildman–Crippen LogP) is 9.95. The van der Waals surface area contributed by atoms with Crippen LogP contribution in [-0.4, -0.2) is 36.4 Å². The Balaban J connectivity index is 3.47. The fraction of sp³-hybridized carbons (Fsp3) is 0.829. The molecule has 0 radical (unpaired) electrons. The predicted molar refractivity (Wildman–Crippen MR) is 168 cm³/mol. The van der Waals surface area contributed by atoms with Crippen molar-refractivity contribution in [3.8, 4) is 0 Å². The summed E-state index contributed by atoms with van der Waals surface area (Å²) in [6, 6.07) is 0. The molecule has 0 saturated carbocycles. The third-order valence-electron chi connectivity index (χ3n) is 7.16. The van der Waals surface area contributed by atoms with Gasteiger partial charge >= 0.3 is 11.9 Å². The van der Waals surface area contributed by atoms with Gasteiger partial charge in [0.05, 0.1) is 0 Å². The Morgan fingerprint density at radius 2 is 0.800 bits per heavy atom. The lowest BCUT2D eigenvalue weighted by molar-refractivity contribution is -0.152. The maximum Gasteiger partial charge on any atom is 0.305 e. The van der Waals surface area contributed by atoms with E-state index < -0.39 is 6.10 Å². The standard InChI is InChI=1S/C35H64O5/c1-3-5-7-9-11-13-15-17-19-21-23-25-27-29-34(37)39-31-33(36)32-40-35(38)30-28-26-24-22-20-18-16-14-12-10-8-6-4-2/h13-16,33,36H,3-12,17-32H2,1-2H3/b15-13+,16-14+. The van der Waals surface area contributed by atoms with Crippen LogP contribution in [0.1, 0.15) is 168 Å². The number of hydrogen-bond donors (Lipinski definition) is 1. The summed E-state index contributed by atoms with van der Waals surface area (Å²) in [7, 11) is 0. The SMILES string of the molecule is CCCCCC/C=C/CCCCCCCC(=O)OCC(O)COC(=O)CCCCCCC/C=C/CCCCCC. The minimum Gasteiger partial charge on any atom is -0.463 e. The highest BCUT2D eigenvalue weighted by molar-refractivity contribution is 5.69. The largest absolute Gasteiger partial charge is 0.463 e. The van der Waals surface area contributed by atoms with Crippen molar-refractivity contribution < 1.29 is 24.2 Å². The van der Waals surface area contributed by atoms with Crippen LogP contribution in [0.4, 0.5) is 0 Å². The van der Waals surface area contributed by atoms with Gasteiger partial charge in [0.25, 0.3) is 0 Å². The monoisotopic (exact) mass is 564 g/mol. The Bertz CT molecular complexity index is 561. The first-order valence-electron chi connectivity index (χ1n) is 16.9. The van der Waals surface area contributed by atoms with Crippen LogP contribution in [0.15, 0.2) is 24.3 Å². The van der Waals surface area contributed by atoms with Gasteiger partial charge in [0.15, 0.2) is 0 Å². The summed E-state index contributed by atoms with van der Waals surface area (Å²) in [5.74, 6) is -0.585. The normalized spacial score (nSPS) is 11.7. The zero-order valence-electron chi connectivity index (χ0n) is 26.4. The molecular formula is C35H64O5. The summed E-state index contributed by atoms with van der Waals surface area (Å²) in [6.45, 7) is 4.24. The van der Waals surface area contributed by atoms with Crippen molar-refractivity contribution in [1.82, 2.24) is 0 Å². The Morgan fingerprint density at radius 3 is 1.15 bits per heavy atom. The zero-order valence-corrected chi connectivity index (χ0v) is 26.4. The van der Waals surface area contributed by atoms with E-state index in [9.17, 15) is 14.7 Å². The average molecular weight is 565 g/mol. The lowest BCUT2D eigenvalue weighted by atomic mass is 10.1. The smallest absolute Gasteiger partial charge is 0.305 e. The van der Waals surface area contributed by atoms with Gasteiger partial charge in [-0.3, -0.25) is 9.59 Å². The van der Waals surface area contributed by atoms with Crippen LogP contribution in [0.2, 0.25) is 0 Å². The fourth-order valence-corrected chi connectivity index (χ4v) is 4.54. The molecule has 0 heterocycles. The van der Waals surface area contributed by atoms with E-state index in [2.05, 4.69) is 38.2 Å². The molecule has 0 atom stereocenters. The van der Waals surface area contributed by atoms with Crippen molar-refractivity contribution in [2.45, 2.75) is 174 Å². The molecule has 0 aromatic carbocycles. The molecule has 0 fully saturated rings. The van der Waals surface area contributed by atoms with Crippen molar-refractivity contribution in [3.05, 3.63) is 24.3 Å². The van der Waals surface area contributed by atoms with E-state index in [4.69, 9.17) is 9.47 Å². The molecule has 0 bridgehead atoms. The highest BCUT2D eigenvalue weighted by Gasteiger charge is 2.12. The van der Waals surface area contributed by atoms with E-state index >= 15 is 0 Å². The molecule has 5 nitrogen and oxygen atoms in total. The van der Waals surface area contributed by atoms with Gasteiger partial charge in [-0.05, 0) is 64.2 Å². The molecule has 0 aromatic rings. The van der Waals surface area contributed by atoms with Crippen molar-refractivity contribution in [2.75, 3.05) is 13.2 Å². The maximum absolute atomic E-state index is 11.9. The lowest BCUT2D eigenvalue weighted by Crippen LogP contribution is -2.25. The first-order chi connectivity index (χ1) is 19.6. The van der Waals surface area contributed by atoms with Crippen LogP contribution in [-0.2, 0) is 19.1 Å². The number of rotatable bonds is 30. The summed E-state index contributed by atoms with van der Waals surface area (Å²) in [6.07, 6.45) is 35.0. The van der Waals surface area contributed by atoms with Crippen LogP contribution in [0.3, 0.4) is 0 Å². The number of ether oxygens (including phenoxy) is 2. The highest BCUT2D eigenvalue weighted by Crippen LogP contribution is 2.11. The van der Waals surface area contributed by atoms with Crippen molar-refractivity contribution in [2.24, 2.45) is 0 Å². The number of aliphatic hydroxyl groups excluding tert-OH is 1. The van der Waals surface area contributed by atoms with Crippen LogP contribution < -0.4 is 0 Å². The number of carbonyl (C=O) groups excluding carboxylic acids is 2. The Kier molecular flexibility index (Phi) is 30.6. The summed E-state index contributed by atoms with van der Waals surface area (Å²) >= 11 is 0. The quantitative estimate of drug-likeness (QED) is 0.0534. The number of allylic oxidation sites excluding steroid dienone is 4. The van der Waals surface area contributed by atoms with E-state index in [0.29, 0.717) is 12.8 Å². The molecule has 0 aliphatic heterocycles. The number of unbranched alkanes of at least 4 members (excludes halogenated alkanes) is 18. The van der Waals surface area contributed by atoms with E-state index in [1.807, 2.05) is 0 Å². The molecule has 0 amide bonds. The topological polar surface area (TPSA) is 72.8 Å². The summed E-state index contributed by atoms with van der Waals surface area (Å²) < 4.78 is 10.3. The second kappa shape index (κ2) is 31.9. The van der Waals surface area contributed by atoms with Crippen LogP contribution in [0, 0.1) is 0 Å². The molecular weight excluding hydrogens is 500 g/mol. The van der Waals surface area contributed by atoms with Gasteiger partial charge in [0.2, 0.25) is 0 Å². The molecule has 40 heavy (non-hydrogen) atoms. The minimum absolute atomic E-state index is 0.121. The lowest BCUT2D eigenvalue weighted by Gasteiger charge is -2.12. The highest BCUT2D eigenvalue weighted by atomic mass is 16.6. The zero-order chi connectivity index (χ0) is 29.4. The Labute approximate surface area is 247 Å². The average Bonchev–Trinajstić information content (AvgIpc) is 2.95. The molecule has 1 N–H and O–H groups in total. The van der Waals surface area contributed by atoms with E-state index in [0.717, 1.165) is 51.4 Å². The third-order valence-corrected chi connectivity index (χ3v) is 7.16. The van der Waals surface area contributed by atoms with Gasteiger partial charge in [-0.15, -0.1) is 0 Å². The van der Waals surface area contributed by atoms with Crippen molar-refractivity contribution in [3.63, 3.8) is 0 Å². The van der Waals surface area contributed by atoms with Crippen molar-refractivity contribution in [1.29, 1.82) is 0 Å². The molecule has 0 unspecified atom stereocenters. The maximum atomic E-state index is 11.9. The molecule has 0 aromatic heterocycles. The van der Waals surface area contributed by atoms with Crippen LogP contribution >= 0.6 is 0 Å². The fourth-order valence-electron chi connectivity index (χ4n) is 4.54. The van der Waals surface area contributed by atoms with E-state index in [1.54, 1.807) is 0 Å². The second-order valence-electron chi connectivity index (χ2n) is 11.3. The number of hydrogen-bond acceptors (Lipinski definition) is 5. The van der Waals surface area contributed by atoms with Gasteiger partial charge in [0, 0.05) is 12.8 Å². The number of esters is 2. The minimum atomic E-state index is -0.965. The second-order valence-corrected chi connectivity index (χ2v) is 11.3. The summed E-state index contributed by atoms with van der Waals surface area (Å²) in [4.78, 5) is 23.8. The molecule has 0 spiro atoms. The third kappa shape index (κ3) is 30.9. The van der Waals surface area contributed by atoms with Crippen LogP contribution in [0.5, 0.6) is 0 Å². The van der Waals surface area contributed by atoms with Crippen LogP contribution in [0.25, 0.3) is 0 Å². The van der Waals surface area contributed by atoms with Gasteiger partial charge in [0.1, 0.15) is 19.3 Å². The van der Waals surface area contributed by atoms with E-state index in [-0.39, 0.29) is 25.2 Å². The first-order valence-corrected chi connectivity index (χ1v) is 16.9. The van der Waals surface area contributed by atoms with Gasteiger partial charge in [-0.2, -0.15) is 0 Å². The summed E-state index contributed by atoms with van der Waals surface area (Å²) in [5.41, 5.74) is 0. The van der Waals surface area contributed by atoms with Gasteiger partial charge in [-0.25, -0.2) is 0 Å². The molecule has 0 aliphatic carbocycles. The van der Waals surface area contributed by atoms with Gasteiger partial charge < -0.3 is 14.6 Å².